The third-order valence-corrected chi connectivity index (χ3v) is 2.85. The fourth-order valence-electron chi connectivity index (χ4n) is 1.69. The lowest BCUT2D eigenvalue weighted by atomic mass is 10.1. The molecule has 0 unspecified atom stereocenters. The van der Waals surface area contributed by atoms with Crippen molar-refractivity contribution in [3.8, 4) is 11.5 Å². The normalized spacial score (nSPS) is 12.3. The molecule has 0 saturated carbocycles. The van der Waals surface area contributed by atoms with Crippen LogP contribution in [0.3, 0.4) is 0 Å². The van der Waals surface area contributed by atoms with Crippen molar-refractivity contribution in [3.05, 3.63) is 59.2 Å². The van der Waals surface area contributed by atoms with E-state index >= 15 is 0 Å². The van der Waals surface area contributed by atoms with E-state index in [2.05, 4.69) is 0 Å². The van der Waals surface area contributed by atoms with Gasteiger partial charge in [0.1, 0.15) is 11.6 Å². The molecule has 0 aliphatic carbocycles. The van der Waals surface area contributed by atoms with Crippen LogP contribution in [0.25, 0.3) is 0 Å². The Bertz CT molecular complexity index is 597. The molecule has 2 rings (SSSR count). The molecule has 0 heterocycles. The van der Waals surface area contributed by atoms with Crippen LogP contribution in [0.15, 0.2) is 36.4 Å². The van der Waals surface area contributed by atoms with Crippen LogP contribution >= 0.6 is 0 Å². The van der Waals surface area contributed by atoms with Gasteiger partial charge >= 0.3 is 0 Å². The largest absolute Gasteiger partial charge is 0.454 e. The molecule has 0 radical (unpaired) electrons. The Kier molecular flexibility index (Phi) is 3.81. The summed E-state index contributed by atoms with van der Waals surface area (Å²) in [6, 6.07) is 8.41. The number of ether oxygens (including phenoxy) is 1. The van der Waals surface area contributed by atoms with Crippen molar-refractivity contribution in [1.82, 2.24) is 0 Å². The summed E-state index contributed by atoms with van der Waals surface area (Å²) in [6.45, 7) is 3.54. The lowest BCUT2D eigenvalue weighted by Gasteiger charge is -2.11. The molecule has 2 aromatic carbocycles. The lowest BCUT2D eigenvalue weighted by Crippen LogP contribution is -2.05. The number of nitrogens with two attached hydrogens (primary N) is 1. The highest BCUT2D eigenvalue weighted by atomic mass is 19.1. The SMILES string of the molecule is Cc1ccc(F)cc1Oc1ccc([C@H](C)N)cc1F. The van der Waals surface area contributed by atoms with E-state index < -0.39 is 11.6 Å². The first-order chi connectivity index (χ1) is 8.97. The summed E-state index contributed by atoms with van der Waals surface area (Å²) in [6.07, 6.45) is 0. The summed E-state index contributed by atoms with van der Waals surface area (Å²) >= 11 is 0. The average Bonchev–Trinajstić information content (AvgIpc) is 2.36. The first-order valence-corrected chi connectivity index (χ1v) is 5.96. The molecule has 2 nitrogen and oxygen atoms in total. The van der Waals surface area contributed by atoms with Crippen molar-refractivity contribution in [2.75, 3.05) is 0 Å². The number of rotatable bonds is 3. The van der Waals surface area contributed by atoms with E-state index in [1.54, 1.807) is 26.0 Å². The van der Waals surface area contributed by atoms with E-state index in [-0.39, 0.29) is 11.8 Å². The van der Waals surface area contributed by atoms with E-state index in [9.17, 15) is 8.78 Å². The molecule has 0 aliphatic heterocycles. The summed E-state index contributed by atoms with van der Waals surface area (Å²) in [5.41, 5.74) is 7.09. The Hall–Kier alpha value is -1.94. The summed E-state index contributed by atoms with van der Waals surface area (Å²) in [5.74, 6) is -0.586. The zero-order valence-corrected chi connectivity index (χ0v) is 10.8. The molecule has 0 bridgehead atoms. The number of hydrogen-bond acceptors (Lipinski definition) is 2. The Balaban J connectivity index is 2.31. The van der Waals surface area contributed by atoms with E-state index in [4.69, 9.17) is 10.5 Å². The van der Waals surface area contributed by atoms with Gasteiger partial charge in [-0.2, -0.15) is 0 Å². The average molecular weight is 263 g/mol. The van der Waals surface area contributed by atoms with Gasteiger partial charge in [0, 0.05) is 12.1 Å². The molecule has 0 aromatic heterocycles. The Morgan fingerprint density at radius 3 is 2.42 bits per heavy atom. The molecule has 1 atom stereocenters. The highest BCUT2D eigenvalue weighted by Gasteiger charge is 2.10. The van der Waals surface area contributed by atoms with Gasteiger partial charge in [-0.1, -0.05) is 12.1 Å². The number of hydrogen-bond donors (Lipinski definition) is 1. The van der Waals surface area contributed by atoms with E-state index in [1.807, 2.05) is 0 Å². The highest BCUT2D eigenvalue weighted by Crippen LogP contribution is 2.29. The molecule has 0 amide bonds. The molecular formula is C15H15F2NO. The van der Waals surface area contributed by atoms with Crippen molar-refractivity contribution >= 4 is 0 Å². The fourth-order valence-corrected chi connectivity index (χ4v) is 1.69. The predicted molar refractivity (Wildman–Crippen MR) is 70.2 cm³/mol. The Morgan fingerprint density at radius 1 is 1.05 bits per heavy atom. The summed E-state index contributed by atoms with van der Waals surface area (Å²) in [7, 11) is 0. The Labute approximate surface area is 110 Å². The van der Waals surface area contributed by atoms with Crippen LogP contribution in [0.1, 0.15) is 24.1 Å². The second kappa shape index (κ2) is 5.36. The molecule has 4 heteroatoms. The van der Waals surface area contributed by atoms with Crippen LogP contribution in [-0.2, 0) is 0 Å². The molecule has 0 aliphatic rings. The van der Waals surface area contributed by atoms with Crippen molar-refractivity contribution in [2.24, 2.45) is 5.73 Å². The second-order valence-electron chi connectivity index (χ2n) is 4.49. The lowest BCUT2D eigenvalue weighted by molar-refractivity contribution is 0.435. The first-order valence-electron chi connectivity index (χ1n) is 5.96. The van der Waals surface area contributed by atoms with Gasteiger partial charge in [0.2, 0.25) is 0 Å². The maximum Gasteiger partial charge on any atom is 0.166 e. The topological polar surface area (TPSA) is 35.2 Å². The third kappa shape index (κ3) is 3.09. The van der Waals surface area contributed by atoms with Gasteiger partial charge in [-0.05, 0) is 43.2 Å². The van der Waals surface area contributed by atoms with Gasteiger partial charge < -0.3 is 10.5 Å². The monoisotopic (exact) mass is 263 g/mol. The molecular weight excluding hydrogens is 248 g/mol. The van der Waals surface area contributed by atoms with Crippen LogP contribution in [0, 0.1) is 18.6 Å². The maximum absolute atomic E-state index is 13.9. The van der Waals surface area contributed by atoms with Gasteiger partial charge in [0.15, 0.2) is 11.6 Å². The summed E-state index contributed by atoms with van der Waals surface area (Å²) in [4.78, 5) is 0. The maximum atomic E-state index is 13.9. The third-order valence-electron chi connectivity index (χ3n) is 2.85. The van der Waals surface area contributed by atoms with E-state index in [0.717, 1.165) is 5.56 Å². The predicted octanol–water partition coefficient (Wildman–Crippen LogP) is 4.09. The van der Waals surface area contributed by atoms with E-state index in [0.29, 0.717) is 11.3 Å². The van der Waals surface area contributed by atoms with E-state index in [1.165, 1.54) is 24.3 Å². The highest BCUT2D eigenvalue weighted by molar-refractivity contribution is 5.39. The molecule has 100 valence electrons. The van der Waals surface area contributed by atoms with Crippen molar-refractivity contribution in [2.45, 2.75) is 19.9 Å². The van der Waals surface area contributed by atoms with Gasteiger partial charge in [-0.3, -0.25) is 0 Å². The minimum absolute atomic E-state index is 0.0538. The minimum Gasteiger partial charge on any atom is -0.454 e. The van der Waals surface area contributed by atoms with Crippen LogP contribution in [0.4, 0.5) is 8.78 Å². The molecule has 19 heavy (non-hydrogen) atoms. The number of benzene rings is 2. The molecule has 0 fully saturated rings. The van der Waals surface area contributed by atoms with Crippen molar-refractivity contribution in [1.29, 1.82) is 0 Å². The molecule has 0 saturated heterocycles. The first kappa shape index (κ1) is 13.5. The Morgan fingerprint density at radius 2 is 1.79 bits per heavy atom. The van der Waals surface area contributed by atoms with Crippen molar-refractivity contribution in [3.63, 3.8) is 0 Å². The molecule has 2 N–H and O–H groups in total. The zero-order chi connectivity index (χ0) is 14.0. The van der Waals surface area contributed by atoms with Crippen LogP contribution in [0.5, 0.6) is 11.5 Å². The number of aryl methyl sites for hydroxylation is 1. The van der Waals surface area contributed by atoms with Gasteiger partial charge in [0.05, 0.1) is 0 Å². The molecule has 0 spiro atoms. The smallest absolute Gasteiger partial charge is 0.166 e. The van der Waals surface area contributed by atoms with Crippen LogP contribution < -0.4 is 10.5 Å². The van der Waals surface area contributed by atoms with Gasteiger partial charge in [-0.25, -0.2) is 8.78 Å². The van der Waals surface area contributed by atoms with Gasteiger partial charge in [-0.15, -0.1) is 0 Å². The summed E-state index contributed by atoms with van der Waals surface area (Å²) in [5, 5.41) is 0. The summed E-state index contributed by atoms with van der Waals surface area (Å²) < 4.78 is 32.4. The van der Waals surface area contributed by atoms with Crippen LogP contribution in [0.2, 0.25) is 0 Å². The van der Waals surface area contributed by atoms with Gasteiger partial charge in [0.25, 0.3) is 0 Å². The fraction of sp³-hybridized carbons (Fsp3) is 0.200. The number of halogens is 2. The van der Waals surface area contributed by atoms with Crippen molar-refractivity contribution < 1.29 is 13.5 Å². The quantitative estimate of drug-likeness (QED) is 0.905. The zero-order valence-electron chi connectivity index (χ0n) is 10.8. The minimum atomic E-state index is -0.515. The van der Waals surface area contributed by atoms with Crippen LogP contribution in [-0.4, -0.2) is 0 Å². The molecule has 2 aromatic rings. The second-order valence-corrected chi connectivity index (χ2v) is 4.49. The standard InChI is InChI=1S/C15H15F2NO/c1-9-3-5-12(16)8-15(9)19-14-6-4-11(10(2)18)7-13(14)17/h3-8,10H,18H2,1-2H3/t10-/m0/s1.